The van der Waals surface area contributed by atoms with Crippen molar-refractivity contribution in [2.45, 2.75) is 33.3 Å². The molecule has 1 nitrogen and oxygen atoms in total. The maximum Gasteiger partial charge on any atom is 0.0552 e. The second kappa shape index (κ2) is 4.37. The van der Waals surface area contributed by atoms with Crippen LogP contribution in [0.15, 0.2) is 17.4 Å². The number of rotatable bonds is 2. The highest BCUT2D eigenvalue weighted by Gasteiger charge is 1.86. The summed E-state index contributed by atoms with van der Waals surface area (Å²) in [5, 5.41) is 8.78. The molecule has 0 saturated carbocycles. The second-order valence-electron chi connectivity index (χ2n) is 2.43. The molecule has 0 spiro atoms. The Morgan fingerprint density at radius 3 is 2.56 bits per heavy atom. The van der Waals surface area contributed by atoms with Crippen LogP contribution in [0.2, 0.25) is 0 Å². The summed E-state index contributed by atoms with van der Waals surface area (Å²) in [5.74, 6) is 0. The normalized spacial score (nSPS) is 12.0. The van der Waals surface area contributed by atoms with Gasteiger partial charge in [-0.1, -0.05) is 0 Å². The zero-order valence-electron chi connectivity index (χ0n) is 6.31. The molecule has 0 aliphatic rings. The first-order valence-electron chi connectivity index (χ1n) is 3.19. The molecule has 0 aliphatic heterocycles. The van der Waals surface area contributed by atoms with E-state index in [-0.39, 0.29) is 6.10 Å². The van der Waals surface area contributed by atoms with Gasteiger partial charge in [-0.25, -0.2) is 0 Å². The summed E-state index contributed by atoms with van der Waals surface area (Å²) < 4.78 is 0. The van der Waals surface area contributed by atoms with Crippen molar-refractivity contribution in [3.8, 4) is 0 Å². The number of aliphatic hydroxyl groups excluding tert-OH is 1. The summed E-state index contributed by atoms with van der Waals surface area (Å²) in [6.07, 6.45) is 2.32. The Kier molecular flexibility index (Phi) is 4.12. The van der Waals surface area contributed by atoms with E-state index < -0.39 is 0 Å². The Balaban J connectivity index is 3.61. The molecule has 0 rings (SSSR count). The lowest BCUT2D eigenvalue weighted by Gasteiger charge is -1.93. The SMILES string of the molecule is CC(C)=C=CCC(C)O. The lowest BCUT2D eigenvalue weighted by Crippen LogP contribution is -1.94. The van der Waals surface area contributed by atoms with E-state index >= 15 is 0 Å². The van der Waals surface area contributed by atoms with E-state index in [2.05, 4.69) is 5.73 Å². The van der Waals surface area contributed by atoms with Crippen molar-refractivity contribution in [3.63, 3.8) is 0 Å². The quantitative estimate of drug-likeness (QED) is 0.560. The summed E-state index contributed by atoms with van der Waals surface area (Å²) in [6.45, 7) is 5.74. The fourth-order valence-electron chi connectivity index (χ4n) is 0.434. The van der Waals surface area contributed by atoms with Crippen molar-refractivity contribution in [1.82, 2.24) is 0 Å². The fraction of sp³-hybridized carbons (Fsp3) is 0.625. The van der Waals surface area contributed by atoms with Gasteiger partial charge < -0.3 is 5.11 Å². The molecule has 0 bridgehead atoms. The van der Waals surface area contributed by atoms with Crippen molar-refractivity contribution in [3.05, 3.63) is 17.4 Å². The molecule has 1 unspecified atom stereocenters. The molecule has 0 aliphatic carbocycles. The van der Waals surface area contributed by atoms with E-state index in [1.807, 2.05) is 19.9 Å². The molecule has 0 saturated heterocycles. The zero-order valence-corrected chi connectivity index (χ0v) is 6.31. The molecule has 1 atom stereocenters. The highest BCUT2D eigenvalue weighted by Crippen LogP contribution is 1.91. The molecule has 9 heavy (non-hydrogen) atoms. The molecule has 52 valence electrons. The van der Waals surface area contributed by atoms with Crippen molar-refractivity contribution < 1.29 is 5.11 Å². The summed E-state index contributed by atoms with van der Waals surface area (Å²) in [4.78, 5) is 0. The average molecular weight is 126 g/mol. The number of hydrogen-bond acceptors (Lipinski definition) is 1. The van der Waals surface area contributed by atoms with Crippen LogP contribution >= 0.6 is 0 Å². The monoisotopic (exact) mass is 126 g/mol. The first-order chi connectivity index (χ1) is 4.13. The molecule has 1 heteroatoms. The minimum Gasteiger partial charge on any atom is -0.393 e. The van der Waals surface area contributed by atoms with Crippen LogP contribution in [-0.2, 0) is 0 Å². The molecular weight excluding hydrogens is 112 g/mol. The third kappa shape index (κ3) is 7.48. The van der Waals surface area contributed by atoms with E-state index in [0.717, 1.165) is 5.57 Å². The minimum absolute atomic E-state index is 0.239. The van der Waals surface area contributed by atoms with Gasteiger partial charge in [0, 0.05) is 0 Å². The molecule has 1 N–H and O–H groups in total. The van der Waals surface area contributed by atoms with Gasteiger partial charge in [0.2, 0.25) is 0 Å². The van der Waals surface area contributed by atoms with Crippen LogP contribution in [0.4, 0.5) is 0 Å². The van der Waals surface area contributed by atoms with E-state index in [9.17, 15) is 0 Å². The Morgan fingerprint density at radius 2 is 2.22 bits per heavy atom. The minimum atomic E-state index is -0.239. The summed E-state index contributed by atoms with van der Waals surface area (Å²) >= 11 is 0. The third-order valence-corrected chi connectivity index (χ3v) is 0.850. The van der Waals surface area contributed by atoms with Gasteiger partial charge in [0.25, 0.3) is 0 Å². The topological polar surface area (TPSA) is 20.2 Å². The lowest BCUT2D eigenvalue weighted by molar-refractivity contribution is 0.198. The van der Waals surface area contributed by atoms with Crippen LogP contribution in [0.1, 0.15) is 27.2 Å². The Hall–Kier alpha value is -0.520. The molecule has 0 aromatic carbocycles. The second-order valence-corrected chi connectivity index (χ2v) is 2.43. The molecule has 0 aromatic heterocycles. The van der Waals surface area contributed by atoms with E-state index in [4.69, 9.17) is 5.11 Å². The van der Waals surface area contributed by atoms with Crippen LogP contribution in [0.5, 0.6) is 0 Å². The van der Waals surface area contributed by atoms with Gasteiger partial charge in [-0.15, -0.1) is 5.73 Å². The largest absolute Gasteiger partial charge is 0.393 e. The Labute approximate surface area is 56.7 Å². The van der Waals surface area contributed by atoms with Crippen molar-refractivity contribution in [2.75, 3.05) is 0 Å². The number of hydrogen-bond donors (Lipinski definition) is 1. The van der Waals surface area contributed by atoms with E-state index in [1.54, 1.807) is 6.92 Å². The summed E-state index contributed by atoms with van der Waals surface area (Å²) in [6, 6.07) is 0. The van der Waals surface area contributed by atoms with Crippen LogP contribution in [0.3, 0.4) is 0 Å². The molecular formula is C8H14O. The van der Waals surface area contributed by atoms with Gasteiger partial charge in [-0.05, 0) is 38.8 Å². The smallest absolute Gasteiger partial charge is 0.0552 e. The van der Waals surface area contributed by atoms with Gasteiger partial charge in [-0.3, -0.25) is 0 Å². The van der Waals surface area contributed by atoms with Crippen LogP contribution in [-0.4, -0.2) is 11.2 Å². The third-order valence-electron chi connectivity index (χ3n) is 0.850. The highest BCUT2D eigenvalue weighted by molar-refractivity contribution is 4.94. The van der Waals surface area contributed by atoms with Crippen LogP contribution in [0, 0.1) is 0 Å². The van der Waals surface area contributed by atoms with Gasteiger partial charge >= 0.3 is 0 Å². The van der Waals surface area contributed by atoms with Crippen molar-refractivity contribution in [1.29, 1.82) is 0 Å². The molecule has 0 fully saturated rings. The molecule has 0 amide bonds. The highest BCUT2D eigenvalue weighted by atomic mass is 16.3. The van der Waals surface area contributed by atoms with Gasteiger partial charge in [0.05, 0.1) is 6.10 Å². The Morgan fingerprint density at radius 1 is 1.67 bits per heavy atom. The average Bonchev–Trinajstić information content (AvgIpc) is 1.63. The van der Waals surface area contributed by atoms with Crippen molar-refractivity contribution in [2.24, 2.45) is 0 Å². The first kappa shape index (κ1) is 8.48. The van der Waals surface area contributed by atoms with E-state index in [1.165, 1.54) is 0 Å². The van der Waals surface area contributed by atoms with Gasteiger partial charge in [0.15, 0.2) is 0 Å². The molecule has 0 radical (unpaired) electrons. The summed E-state index contributed by atoms with van der Waals surface area (Å²) in [5.41, 5.74) is 4.16. The molecule has 0 aromatic rings. The predicted molar refractivity (Wildman–Crippen MR) is 39.2 cm³/mol. The lowest BCUT2D eigenvalue weighted by atomic mass is 10.2. The van der Waals surface area contributed by atoms with Crippen molar-refractivity contribution >= 4 is 0 Å². The zero-order chi connectivity index (χ0) is 7.28. The summed E-state index contributed by atoms with van der Waals surface area (Å²) in [7, 11) is 0. The maximum absolute atomic E-state index is 8.78. The number of aliphatic hydroxyl groups is 1. The van der Waals surface area contributed by atoms with Gasteiger partial charge in [-0.2, -0.15) is 0 Å². The standard InChI is InChI=1S/C8H14O/c1-7(2)5-4-6-8(3)9/h4,8-9H,6H2,1-3H3. The first-order valence-corrected chi connectivity index (χ1v) is 3.19. The van der Waals surface area contributed by atoms with E-state index in [0.29, 0.717) is 6.42 Å². The van der Waals surface area contributed by atoms with Gasteiger partial charge in [0.1, 0.15) is 0 Å². The van der Waals surface area contributed by atoms with Crippen LogP contribution < -0.4 is 0 Å². The maximum atomic E-state index is 8.78. The predicted octanol–water partition coefficient (Wildman–Crippen LogP) is 1.88. The van der Waals surface area contributed by atoms with Crippen LogP contribution in [0.25, 0.3) is 0 Å². The Bertz CT molecular complexity index is 124. The fourth-order valence-corrected chi connectivity index (χ4v) is 0.434. The molecule has 0 heterocycles.